The molecule has 1 atom stereocenters. The molecule has 2 heterocycles. The minimum Gasteiger partial charge on any atom is -0.355 e. The molecule has 0 aromatic heterocycles. The van der Waals surface area contributed by atoms with Gasteiger partial charge < -0.3 is 15.5 Å². The van der Waals surface area contributed by atoms with E-state index in [0.29, 0.717) is 32.5 Å². The van der Waals surface area contributed by atoms with Crippen LogP contribution >= 0.6 is 0 Å². The first-order valence-electron chi connectivity index (χ1n) is 8.10. The van der Waals surface area contributed by atoms with Crippen molar-refractivity contribution in [3.8, 4) is 0 Å². The third-order valence-electron chi connectivity index (χ3n) is 4.44. The second-order valence-electron chi connectivity index (χ2n) is 6.06. The first kappa shape index (κ1) is 15.0. The summed E-state index contributed by atoms with van der Waals surface area (Å²) in [5.74, 6) is 0.239. The summed E-state index contributed by atoms with van der Waals surface area (Å²) in [4.78, 5) is 25.9. The van der Waals surface area contributed by atoms with Crippen molar-refractivity contribution in [1.82, 2.24) is 15.5 Å². The molecule has 0 saturated carbocycles. The molecule has 2 amide bonds. The Morgan fingerprint density at radius 1 is 1.23 bits per heavy atom. The largest absolute Gasteiger partial charge is 0.355 e. The van der Waals surface area contributed by atoms with Crippen molar-refractivity contribution in [2.45, 2.75) is 44.8 Å². The van der Waals surface area contributed by atoms with Crippen molar-refractivity contribution in [2.24, 2.45) is 0 Å². The van der Waals surface area contributed by atoms with Crippen LogP contribution in [0.1, 0.15) is 36.8 Å². The van der Waals surface area contributed by atoms with Gasteiger partial charge in [0.2, 0.25) is 11.8 Å². The van der Waals surface area contributed by atoms with Crippen LogP contribution in [-0.4, -0.2) is 35.8 Å². The van der Waals surface area contributed by atoms with E-state index < -0.39 is 0 Å². The molecule has 5 nitrogen and oxygen atoms in total. The van der Waals surface area contributed by atoms with Gasteiger partial charge in [-0.15, -0.1) is 0 Å². The molecule has 0 spiro atoms. The van der Waals surface area contributed by atoms with Gasteiger partial charge in [0.15, 0.2) is 0 Å². The lowest BCUT2D eigenvalue weighted by Gasteiger charge is -2.16. The highest BCUT2D eigenvalue weighted by atomic mass is 16.2. The van der Waals surface area contributed by atoms with E-state index in [1.165, 1.54) is 11.1 Å². The van der Waals surface area contributed by atoms with E-state index in [0.717, 1.165) is 19.4 Å². The molecular weight excluding hydrogens is 278 g/mol. The van der Waals surface area contributed by atoms with Crippen LogP contribution in [-0.2, 0) is 22.7 Å². The molecule has 2 N–H and O–H groups in total. The Labute approximate surface area is 131 Å². The molecule has 22 heavy (non-hydrogen) atoms. The molecule has 1 saturated heterocycles. The van der Waals surface area contributed by atoms with Gasteiger partial charge in [0.1, 0.15) is 0 Å². The first-order chi connectivity index (χ1) is 10.7. The van der Waals surface area contributed by atoms with Crippen LogP contribution < -0.4 is 10.6 Å². The van der Waals surface area contributed by atoms with E-state index in [4.69, 9.17) is 0 Å². The van der Waals surface area contributed by atoms with Crippen molar-refractivity contribution in [2.75, 3.05) is 13.1 Å². The minimum absolute atomic E-state index is 0.0382. The SMILES string of the molecule is O=C(NCCCC(=O)N1Cc2ccccc2C1)C1CCCN1. The molecule has 0 radical (unpaired) electrons. The number of hydrogen-bond acceptors (Lipinski definition) is 3. The van der Waals surface area contributed by atoms with Crippen molar-refractivity contribution in [3.05, 3.63) is 35.4 Å². The Hall–Kier alpha value is -1.88. The quantitative estimate of drug-likeness (QED) is 0.803. The van der Waals surface area contributed by atoms with E-state index in [-0.39, 0.29) is 17.9 Å². The molecule has 2 aliphatic heterocycles. The Balaban J connectivity index is 1.36. The maximum atomic E-state index is 12.2. The number of carbonyl (C=O) groups is 2. The highest BCUT2D eigenvalue weighted by molar-refractivity contribution is 5.82. The first-order valence-corrected chi connectivity index (χ1v) is 8.10. The van der Waals surface area contributed by atoms with Gasteiger partial charge in [-0.2, -0.15) is 0 Å². The molecule has 118 valence electrons. The van der Waals surface area contributed by atoms with Gasteiger partial charge >= 0.3 is 0 Å². The van der Waals surface area contributed by atoms with E-state index in [2.05, 4.69) is 22.8 Å². The minimum atomic E-state index is -0.0382. The van der Waals surface area contributed by atoms with Crippen molar-refractivity contribution >= 4 is 11.8 Å². The lowest BCUT2D eigenvalue weighted by atomic mass is 10.1. The molecule has 3 rings (SSSR count). The number of fused-ring (bicyclic) bond motifs is 1. The van der Waals surface area contributed by atoms with E-state index >= 15 is 0 Å². The molecular formula is C17H23N3O2. The van der Waals surface area contributed by atoms with Gasteiger partial charge in [-0.25, -0.2) is 0 Å². The van der Waals surface area contributed by atoms with Gasteiger partial charge in [-0.1, -0.05) is 24.3 Å². The lowest BCUT2D eigenvalue weighted by Crippen LogP contribution is -2.40. The average molecular weight is 301 g/mol. The van der Waals surface area contributed by atoms with Gasteiger partial charge in [0.25, 0.3) is 0 Å². The number of amides is 2. The van der Waals surface area contributed by atoms with Crippen LogP contribution in [0.15, 0.2) is 24.3 Å². The summed E-state index contributed by atoms with van der Waals surface area (Å²) < 4.78 is 0. The molecule has 1 unspecified atom stereocenters. The predicted molar refractivity (Wildman–Crippen MR) is 84.0 cm³/mol. The van der Waals surface area contributed by atoms with Crippen molar-refractivity contribution in [1.29, 1.82) is 0 Å². The number of carbonyl (C=O) groups excluding carboxylic acids is 2. The average Bonchev–Trinajstić information content (AvgIpc) is 3.19. The predicted octanol–water partition coefficient (Wildman–Crippen LogP) is 1.18. The van der Waals surface area contributed by atoms with Crippen LogP contribution in [0.5, 0.6) is 0 Å². The standard InChI is InChI=1S/C17H23N3O2/c21-16(20-11-13-5-1-2-6-14(13)12-20)8-4-10-19-17(22)15-7-3-9-18-15/h1-2,5-6,15,18H,3-4,7-12H2,(H,19,22). The molecule has 1 aromatic rings. The Bertz CT molecular complexity index is 528. The number of nitrogens with one attached hydrogen (secondary N) is 2. The Kier molecular flexibility index (Phi) is 4.73. The van der Waals surface area contributed by atoms with Crippen molar-refractivity contribution in [3.63, 3.8) is 0 Å². The zero-order valence-corrected chi connectivity index (χ0v) is 12.8. The second-order valence-corrected chi connectivity index (χ2v) is 6.06. The van der Waals surface area contributed by atoms with Gasteiger partial charge in [-0.3, -0.25) is 9.59 Å². The zero-order valence-electron chi connectivity index (χ0n) is 12.8. The molecule has 1 aromatic carbocycles. The summed E-state index contributed by atoms with van der Waals surface area (Å²) in [7, 11) is 0. The molecule has 1 fully saturated rings. The normalized spacial score (nSPS) is 20.0. The number of benzene rings is 1. The fourth-order valence-corrected chi connectivity index (χ4v) is 3.15. The zero-order chi connectivity index (χ0) is 15.4. The van der Waals surface area contributed by atoms with E-state index in [1.54, 1.807) is 0 Å². The summed E-state index contributed by atoms with van der Waals surface area (Å²) in [6, 6.07) is 8.15. The van der Waals surface area contributed by atoms with Crippen LogP contribution in [0.25, 0.3) is 0 Å². The highest BCUT2D eigenvalue weighted by Gasteiger charge is 2.23. The highest BCUT2D eigenvalue weighted by Crippen LogP contribution is 2.22. The van der Waals surface area contributed by atoms with Crippen LogP contribution in [0.4, 0.5) is 0 Å². The summed E-state index contributed by atoms with van der Waals surface area (Å²) >= 11 is 0. The van der Waals surface area contributed by atoms with Gasteiger partial charge in [0, 0.05) is 26.1 Å². The van der Waals surface area contributed by atoms with E-state index in [9.17, 15) is 9.59 Å². The third-order valence-corrected chi connectivity index (χ3v) is 4.44. The van der Waals surface area contributed by atoms with Crippen LogP contribution in [0, 0.1) is 0 Å². The maximum Gasteiger partial charge on any atom is 0.237 e. The smallest absolute Gasteiger partial charge is 0.237 e. The summed E-state index contributed by atoms with van der Waals surface area (Å²) in [5, 5.41) is 6.09. The monoisotopic (exact) mass is 301 g/mol. The fraction of sp³-hybridized carbons (Fsp3) is 0.529. The maximum absolute atomic E-state index is 12.2. The number of nitrogens with zero attached hydrogens (tertiary/aromatic N) is 1. The van der Waals surface area contributed by atoms with Crippen LogP contribution in [0.3, 0.4) is 0 Å². The number of hydrogen-bond donors (Lipinski definition) is 2. The lowest BCUT2D eigenvalue weighted by molar-refractivity contribution is -0.132. The molecule has 2 aliphatic rings. The molecule has 0 bridgehead atoms. The fourth-order valence-electron chi connectivity index (χ4n) is 3.15. The Morgan fingerprint density at radius 3 is 2.59 bits per heavy atom. The summed E-state index contributed by atoms with van der Waals surface area (Å²) in [6.45, 7) is 2.93. The summed E-state index contributed by atoms with van der Waals surface area (Å²) in [6.07, 6.45) is 3.17. The van der Waals surface area contributed by atoms with Gasteiger partial charge in [0.05, 0.1) is 6.04 Å². The third kappa shape index (κ3) is 3.47. The van der Waals surface area contributed by atoms with Crippen molar-refractivity contribution < 1.29 is 9.59 Å². The molecule has 5 heteroatoms. The second kappa shape index (κ2) is 6.92. The van der Waals surface area contributed by atoms with Crippen LogP contribution in [0.2, 0.25) is 0 Å². The molecule has 0 aliphatic carbocycles. The van der Waals surface area contributed by atoms with Gasteiger partial charge in [-0.05, 0) is 36.9 Å². The number of rotatable bonds is 5. The summed E-state index contributed by atoms with van der Waals surface area (Å²) in [5.41, 5.74) is 2.49. The van der Waals surface area contributed by atoms with E-state index in [1.807, 2.05) is 17.0 Å². The Morgan fingerprint density at radius 2 is 1.95 bits per heavy atom. The topological polar surface area (TPSA) is 61.4 Å².